The van der Waals surface area contributed by atoms with Crippen LogP contribution >= 0.6 is 0 Å². The van der Waals surface area contributed by atoms with Gasteiger partial charge in [-0.3, -0.25) is 4.79 Å². The third kappa shape index (κ3) is 4.78. The van der Waals surface area contributed by atoms with Gasteiger partial charge in [0.05, 0.1) is 19.8 Å². The lowest BCUT2D eigenvalue weighted by Crippen LogP contribution is -2.20. The lowest BCUT2D eigenvalue weighted by Gasteiger charge is -2.10. The average molecular weight is 412 g/mol. The molecule has 0 spiro atoms. The highest BCUT2D eigenvalue weighted by atomic mass is 16.6. The Hall–Kier alpha value is -3.81. The van der Waals surface area contributed by atoms with E-state index in [1.807, 2.05) is 0 Å². The highest BCUT2D eigenvalue weighted by Crippen LogP contribution is 2.25. The maximum Gasteiger partial charge on any atom is 0.344 e. The van der Waals surface area contributed by atoms with E-state index < -0.39 is 30.6 Å². The highest BCUT2D eigenvalue weighted by Gasteiger charge is 2.16. The molecule has 0 atom stereocenters. The number of ether oxygens (including phenoxy) is 4. The molecule has 3 aromatic rings. The minimum absolute atomic E-state index is 0.270. The molecule has 30 heavy (non-hydrogen) atoms. The van der Waals surface area contributed by atoms with Gasteiger partial charge in [-0.25, -0.2) is 9.59 Å². The van der Waals surface area contributed by atoms with Gasteiger partial charge in [0.25, 0.3) is 0 Å². The Balaban J connectivity index is 1.58. The summed E-state index contributed by atoms with van der Waals surface area (Å²) in [6.07, 6.45) is 0. The second-order valence-electron chi connectivity index (χ2n) is 6.35. The number of Topliss-reactive ketones (excluding diaryl/α,β-unsaturated/α-hetero) is 1. The summed E-state index contributed by atoms with van der Waals surface area (Å²) in [5.74, 6) is 0.0404. The first-order valence-corrected chi connectivity index (χ1v) is 8.99. The molecule has 2 aromatic carbocycles. The van der Waals surface area contributed by atoms with Crippen molar-refractivity contribution in [1.82, 2.24) is 0 Å². The van der Waals surface area contributed by atoms with E-state index in [0.29, 0.717) is 22.8 Å². The van der Waals surface area contributed by atoms with E-state index in [1.54, 1.807) is 31.2 Å². The number of fused-ring (bicyclic) bond motifs is 1. The molecule has 8 heteroatoms. The van der Waals surface area contributed by atoms with Crippen LogP contribution in [0.25, 0.3) is 11.0 Å². The molecule has 0 amide bonds. The third-order valence-electron chi connectivity index (χ3n) is 4.35. The Bertz CT molecular complexity index is 1150. The lowest BCUT2D eigenvalue weighted by atomic mass is 10.1. The van der Waals surface area contributed by atoms with Crippen LogP contribution in [0.4, 0.5) is 0 Å². The van der Waals surface area contributed by atoms with Gasteiger partial charge in [-0.05, 0) is 36.8 Å². The second kappa shape index (κ2) is 9.13. The molecular formula is C22H20O8. The molecule has 0 saturated heterocycles. The molecule has 0 aliphatic rings. The predicted octanol–water partition coefficient (Wildman–Crippen LogP) is 2.92. The van der Waals surface area contributed by atoms with Crippen LogP contribution in [-0.2, 0) is 9.53 Å². The van der Waals surface area contributed by atoms with Crippen molar-refractivity contribution in [3.8, 4) is 17.2 Å². The Morgan fingerprint density at radius 3 is 2.43 bits per heavy atom. The molecule has 1 heterocycles. The molecule has 0 saturated carbocycles. The maximum absolute atomic E-state index is 12.3. The van der Waals surface area contributed by atoms with Crippen molar-refractivity contribution in [2.24, 2.45) is 0 Å². The van der Waals surface area contributed by atoms with Gasteiger partial charge < -0.3 is 23.4 Å². The average Bonchev–Trinajstić information content (AvgIpc) is 2.75. The first kappa shape index (κ1) is 20.9. The van der Waals surface area contributed by atoms with Crippen molar-refractivity contribution in [2.45, 2.75) is 6.92 Å². The Labute approximate surface area is 171 Å². The summed E-state index contributed by atoms with van der Waals surface area (Å²) in [5.41, 5.74) is 0.934. The number of esters is 1. The van der Waals surface area contributed by atoms with Crippen LogP contribution < -0.4 is 19.8 Å². The quantitative estimate of drug-likeness (QED) is 0.316. The first-order valence-electron chi connectivity index (χ1n) is 8.99. The van der Waals surface area contributed by atoms with E-state index in [0.717, 1.165) is 10.9 Å². The van der Waals surface area contributed by atoms with Crippen LogP contribution in [0.3, 0.4) is 0 Å². The summed E-state index contributed by atoms with van der Waals surface area (Å²) in [6.45, 7) is 0.928. The normalized spacial score (nSPS) is 10.5. The van der Waals surface area contributed by atoms with E-state index >= 15 is 0 Å². The zero-order chi connectivity index (χ0) is 21.7. The molecule has 0 unspecified atom stereocenters. The summed E-state index contributed by atoms with van der Waals surface area (Å²) >= 11 is 0. The molecule has 0 aliphatic carbocycles. The number of methoxy groups -OCH3 is 2. The number of aryl methyl sites for hydroxylation is 1. The van der Waals surface area contributed by atoms with Gasteiger partial charge in [0.15, 0.2) is 13.2 Å². The van der Waals surface area contributed by atoms with Crippen molar-refractivity contribution in [2.75, 3.05) is 27.4 Å². The van der Waals surface area contributed by atoms with E-state index in [9.17, 15) is 14.4 Å². The largest absolute Gasteiger partial charge is 0.497 e. The highest BCUT2D eigenvalue weighted by molar-refractivity contribution is 6.00. The number of carbonyl (C=O) groups is 2. The first-order chi connectivity index (χ1) is 14.4. The number of hydrogen-bond donors (Lipinski definition) is 0. The summed E-state index contributed by atoms with van der Waals surface area (Å²) in [4.78, 5) is 35.8. The van der Waals surface area contributed by atoms with E-state index in [2.05, 4.69) is 0 Å². The Morgan fingerprint density at radius 2 is 1.70 bits per heavy atom. The fraction of sp³-hybridized carbons (Fsp3) is 0.227. The van der Waals surface area contributed by atoms with Crippen LogP contribution in [0.2, 0.25) is 0 Å². The van der Waals surface area contributed by atoms with Gasteiger partial charge in [-0.1, -0.05) is 0 Å². The summed E-state index contributed by atoms with van der Waals surface area (Å²) in [7, 11) is 2.93. The number of ketones is 1. The van der Waals surface area contributed by atoms with E-state index in [-0.39, 0.29) is 5.56 Å². The number of benzene rings is 2. The van der Waals surface area contributed by atoms with Gasteiger partial charge in [0, 0.05) is 23.6 Å². The van der Waals surface area contributed by atoms with Gasteiger partial charge in [-0.2, -0.15) is 0 Å². The fourth-order valence-corrected chi connectivity index (χ4v) is 2.83. The Morgan fingerprint density at radius 1 is 0.933 bits per heavy atom. The molecule has 3 rings (SSSR count). The van der Waals surface area contributed by atoms with Gasteiger partial charge in [0.2, 0.25) is 5.78 Å². The summed E-state index contributed by atoms with van der Waals surface area (Å²) in [5, 5.41) is 0.767. The van der Waals surface area contributed by atoms with Crippen LogP contribution in [0, 0.1) is 6.92 Å². The minimum atomic E-state index is -0.721. The number of rotatable bonds is 8. The van der Waals surface area contributed by atoms with Gasteiger partial charge >= 0.3 is 11.6 Å². The fourth-order valence-electron chi connectivity index (χ4n) is 2.83. The summed E-state index contributed by atoms with van der Waals surface area (Å²) < 4.78 is 25.8. The molecule has 0 fully saturated rings. The molecular weight excluding hydrogens is 392 g/mol. The second-order valence-corrected chi connectivity index (χ2v) is 6.35. The predicted molar refractivity (Wildman–Crippen MR) is 108 cm³/mol. The van der Waals surface area contributed by atoms with Crippen LogP contribution in [0.5, 0.6) is 17.2 Å². The molecule has 0 radical (unpaired) electrons. The van der Waals surface area contributed by atoms with Crippen LogP contribution in [-0.4, -0.2) is 39.2 Å². The van der Waals surface area contributed by atoms with Gasteiger partial charge in [-0.15, -0.1) is 0 Å². The van der Waals surface area contributed by atoms with Crippen LogP contribution in [0.1, 0.15) is 15.9 Å². The smallest absolute Gasteiger partial charge is 0.344 e. The zero-order valence-electron chi connectivity index (χ0n) is 16.7. The number of carbonyl (C=O) groups excluding carboxylic acids is 2. The molecule has 8 nitrogen and oxygen atoms in total. The Kier molecular flexibility index (Phi) is 6.36. The SMILES string of the molecule is COc1ccc(C(=O)COC(=O)COc2ccc3c(C)cc(=O)oc3c2)c(OC)c1. The minimum Gasteiger partial charge on any atom is -0.497 e. The van der Waals surface area contributed by atoms with Crippen molar-refractivity contribution < 1.29 is 33.0 Å². The maximum atomic E-state index is 12.3. The molecule has 0 aliphatic heterocycles. The monoisotopic (exact) mass is 412 g/mol. The van der Waals surface area contributed by atoms with Crippen molar-refractivity contribution >= 4 is 22.7 Å². The summed E-state index contributed by atoms with van der Waals surface area (Å²) in [6, 6.07) is 11.0. The molecule has 156 valence electrons. The lowest BCUT2D eigenvalue weighted by molar-refractivity contribution is -0.144. The van der Waals surface area contributed by atoms with Crippen molar-refractivity contribution in [3.05, 3.63) is 64.0 Å². The van der Waals surface area contributed by atoms with E-state index in [4.69, 9.17) is 23.4 Å². The van der Waals surface area contributed by atoms with E-state index in [1.165, 1.54) is 32.4 Å². The standard InChI is InChI=1S/C22H20O8/c1-13-8-21(24)30-20-10-15(5-6-16(13)20)28-12-22(25)29-11-18(23)17-7-4-14(26-2)9-19(17)27-3/h4-10H,11-12H2,1-3H3. The van der Waals surface area contributed by atoms with Crippen molar-refractivity contribution in [3.63, 3.8) is 0 Å². The number of hydrogen-bond acceptors (Lipinski definition) is 8. The molecule has 0 N–H and O–H groups in total. The van der Waals surface area contributed by atoms with Gasteiger partial charge in [0.1, 0.15) is 22.8 Å². The zero-order valence-corrected chi connectivity index (χ0v) is 16.7. The van der Waals surface area contributed by atoms with Crippen LogP contribution in [0.15, 0.2) is 51.7 Å². The third-order valence-corrected chi connectivity index (χ3v) is 4.35. The topological polar surface area (TPSA) is 101 Å². The van der Waals surface area contributed by atoms with Crippen molar-refractivity contribution in [1.29, 1.82) is 0 Å². The molecule has 0 bridgehead atoms. The molecule has 1 aromatic heterocycles.